The molecule has 0 fully saturated rings. The van der Waals surface area contributed by atoms with Crippen LogP contribution < -0.4 is 5.32 Å². The van der Waals surface area contributed by atoms with Gasteiger partial charge in [0.1, 0.15) is 18.5 Å². The van der Waals surface area contributed by atoms with E-state index in [-0.39, 0.29) is 22.9 Å². The van der Waals surface area contributed by atoms with Gasteiger partial charge in [-0.3, -0.25) is 0 Å². The standard InChI is InChI=1S/C12H9ClFN7/c1-7-2-3-9(8(14)4-7)17-11-18-10(13)19-12(20-11)21-6-15-5-16-21/h2-6H,1H3,(H,17,18,19,20). The van der Waals surface area contributed by atoms with Crippen LogP contribution in [0.5, 0.6) is 0 Å². The van der Waals surface area contributed by atoms with Crippen molar-refractivity contribution in [2.45, 2.75) is 6.92 Å². The molecule has 0 radical (unpaired) electrons. The van der Waals surface area contributed by atoms with Gasteiger partial charge in [-0.1, -0.05) is 6.07 Å². The lowest BCUT2D eigenvalue weighted by atomic mass is 10.2. The summed E-state index contributed by atoms with van der Waals surface area (Å²) in [6.45, 7) is 1.80. The summed E-state index contributed by atoms with van der Waals surface area (Å²) in [4.78, 5) is 15.7. The summed E-state index contributed by atoms with van der Waals surface area (Å²) in [6.07, 6.45) is 2.76. The molecule has 0 amide bonds. The lowest BCUT2D eigenvalue weighted by Gasteiger charge is -2.08. The Bertz CT molecular complexity index is 775. The van der Waals surface area contributed by atoms with Crippen molar-refractivity contribution >= 4 is 23.2 Å². The van der Waals surface area contributed by atoms with Gasteiger partial charge in [-0.15, -0.1) is 0 Å². The minimum absolute atomic E-state index is 0.0366. The Labute approximate surface area is 123 Å². The summed E-state index contributed by atoms with van der Waals surface area (Å²) in [5.41, 5.74) is 1.06. The van der Waals surface area contributed by atoms with Crippen LogP contribution in [0.4, 0.5) is 16.0 Å². The van der Waals surface area contributed by atoms with Crippen molar-refractivity contribution in [1.29, 1.82) is 0 Å². The Balaban J connectivity index is 1.95. The summed E-state index contributed by atoms with van der Waals surface area (Å²) < 4.78 is 15.1. The number of anilines is 2. The predicted octanol–water partition coefficient (Wildman–Crippen LogP) is 2.30. The minimum atomic E-state index is -0.408. The fraction of sp³-hybridized carbons (Fsp3) is 0.0833. The van der Waals surface area contributed by atoms with E-state index in [1.165, 1.54) is 23.4 Å². The smallest absolute Gasteiger partial charge is 0.258 e. The molecule has 9 heteroatoms. The normalized spacial score (nSPS) is 10.6. The Hall–Kier alpha value is -2.61. The Morgan fingerprint density at radius 2 is 2.10 bits per heavy atom. The lowest BCUT2D eigenvalue weighted by Crippen LogP contribution is -2.07. The van der Waals surface area contributed by atoms with Crippen LogP contribution in [0.1, 0.15) is 5.56 Å². The molecule has 0 bridgehead atoms. The third-order valence-electron chi connectivity index (χ3n) is 2.59. The third kappa shape index (κ3) is 2.95. The molecule has 3 aromatic rings. The highest BCUT2D eigenvalue weighted by atomic mass is 35.5. The minimum Gasteiger partial charge on any atom is -0.321 e. The predicted molar refractivity (Wildman–Crippen MR) is 74.2 cm³/mol. The second-order valence-corrected chi connectivity index (χ2v) is 4.51. The van der Waals surface area contributed by atoms with Gasteiger partial charge in [0.15, 0.2) is 0 Å². The first-order valence-corrected chi connectivity index (χ1v) is 6.29. The summed E-state index contributed by atoms with van der Waals surface area (Å²) in [5, 5.41) is 6.62. The first-order valence-electron chi connectivity index (χ1n) is 5.91. The molecule has 3 rings (SSSR count). The first kappa shape index (κ1) is 13.4. The summed E-state index contributed by atoms with van der Waals surface area (Å²) in [7, 11) is 0. The first-order chi connectivity index (χ1) is 10.1. The van der Waals surface area contributed by atoms with Crippen LogP contribution in [-0.4, -0.2) is 29.7 Å². The maximum atomic E-state index is 13.8. The Morgan fingerprint density at radius 1 is 1.24 bits per heavy atom. The summed E-state index contributed by atoms with van der Waals surface area (Å²) in [5.74, 6) is -0.111. The van der Waals surface area contributed by atoms with Gasteiger partial charge in [-0.05, 0) is 36.2 Å². The van der Waals surface area contributed by atoms with Crippen molar-refractivity contribution in [1.82, 2.24) is 29.7 Å². The number of hydrogen-bond donors (Lipinski definition) is 1. The van der Waals surface area contributed by atoms with E-state index in [1.54, 1.807) is 19.1 Å². The van der Waals surface area contributed by atoms with Crippen LogP contribution in [0.3, 0.4) is 0 Å². The fourth-order valence-corrected chi connectivity index (χ4v) is 1.81. The van der Waals surface area contributed by atoms with Gasteiger partial charge >= 0.3 is 0 Å². The molecule has 106 valence electrons. The van der Waals surface area contributed by atoms with E-state index in [0.29, 0.717) is 0 Å². The molecule has 0 saturated heterocycles. The molecule has 0 atom stereocenters. The molecular formula is C12H9ClFN7. The van der Waals surface area contributed by atoms with Gasteiger partial charge in [0.2, 0.25) is 11.2 Å². The molecule has 0 saturated carbocycles. The van der Waals surface area contributed by atoms with E-state index in [2.05, 4.69) is 30.4 Å². The Morgan fingerprint density at radius 3 is 2.81 bits per heavy atom. The number of aromatic nitrogens is 6. The molecule has 0 unspecified atom stereocenters. The third-order valence-corrected chi connectivity index (χ3v) is 2.76. The molecule has 1 N–H and O–H groups in total. The molecular weight excluding hydrogens is 297 g/mol. The second-order valence-electron chi connectivity index (χ2n) is 4.18. The summed E-state index contributed by atoms with van der Waals surface area (Å²) >= 11 is 5.84. The zero-order chi connectivity index (χ0) is 14.8. The van der Waals surface area contributed by atoms with Crippen LogP contribution in [0, 0.1) is 12.7 Å². The monoisotopic (exact) mass is 305 g/mol. The van der Waals surface area contributed by atoms with E-state index < -0.39 is 5.82 Å². The van der Waals surface area contributed by atoms with Gasteiger partial charge in [-0.2, -0.15) is 24.7 Å². The molecule has 0 aliphatic carbocycles. The number of benzene rings is 1. The van der Waals surface area contributed by atoms with Crippen molar-refractivity contribution in [3.63, 3.8) is 0 Å². The number of nitrogens with one attached hydrogen (secondary N) is 1. The number of nitrogens with zero attached hydrogens (tertiary/aromatic N) is 6. The van der Waals surface area contributed by atoms with Gasteiger partial charge in [0.25, 0.3) is 5.95 Å². The maximum absolute atomic E-state index is 13.8. The van der Waals surface area contributed by atoms with Crippen LogP contribution in [0.2, 0.25) is 5.28 Å². The average Bonchev–Trinajstić information content (AvgIpc) is 2.95. The molecule has 0 spiro atoms. The zero-order valence-electron chi connectivity index (χ0n) is 10.8. The average molecular weight is 306 g/mol. The van der Waals surface area contributed by atoms with Gasteiger partial charge in [-0.25, -0.2) is 9.37 Å². The topological polar surface area (TPSA) is 81.4 Å². The number of aryl methyl sites for hydroxylation is 1. The van der Waals surface area contributed by atoms with Crippen LogP contribution in [0.25, 0.3) is 5.95 Å². The zero-order valence-corrected chi connectivity index (χ0v) is 11.6. The van der Waals surface area contributed by atoms with Gasteiger partial charge < -0.3 is 5.32 Å². The molecule has 21 heavy (non-hydrogen) atoms. The summed E-state index contributed by atoms with van der Waals surface area (Å²) in [6, 6.07) is 4.77. The molecule has 2 heterocycles. The number of hydrogen-bond acceptors (Lipinski definition) is 6. The SMILES string of the molecule is Cc1ccc(Nc2nc(Cl)nc(-n3cncn3)n2)c(F)c1. The largest absolute Gasteiger partial charge is 0.321 e. The van der Waals surface area contributed by atoms with Gasteiger partial charge in [0, 0.05) is 0 Å². The number of rotatable bonds is 3. The van der Waals surface area contributed by atoms with E-state index >= 15 is 0 Å². The lowest BCUT2D eigenvalue weighted by molar-refractivity contribution is 0.630. The van der Waals surface area contributed by atoms with Crippen LogP contribution in [-0.2, 0) is 0 Å². The van der Waals surface area contributed by atoms with Crippen molar-refractivity contribution in [3.05, 3.63) is 47.5 Å². The fourth-order valence-electron chi connectivity index (χ4n) is 1.65. The van der Waals surface area contributed by atoms with E-state index in [4.69, 9.17) is 11.6 Å². The molecule has 7 nitrogen and oxygen atoms in total. The van der Waals surface area contributed by atoms with E-state index in [0.717, 1.165) is 5.56 Å². The van der Waals surface area contributed by atoms with Gasteiger partial charge in [0.05, 0.1) is 5.69 Å². The van der Waals surface area contributed by atoms with Crippen molar-refractivity contribution in [3.8, 4) is 5.95 Å². The van der Waals surface area contributed by atoms with E-state index in [1.807, 2.05) is 0 Å². The molecule has 2 aromatic heterocycles. The molecule has 0 aliphatic rings. The van der Waals surface area contributed by atoms with Crippen molar-refractivity contribution < 1.29 is 4.39 Å². The molecule has 1 aromatic carbocycles. The Kier molecular flexibility index (Phi) is 3.44. The second kappa shape index (κ2) is 5.41. The van der Waals surface area contributed by atoms with Crippen molar-refractivity contribution in [2.75, 3.05) is 5.32 Å². The van der Waals surface area contributed by atoms with E-state index in [9.17, 15) is 4.39 Å². The maximum Gasteiger partial charge on any atom is 0.258 e. The van der Waals surface area contributed by atoms with Crippen LogP contribution in [0.15, 0.2) is 30.9 Å². The highest BCUT2D eigenvalue weighted by Gasteiger charge is 2.10. The number of halogens is 2. The molecule has 0 aliphatic heterocycles. The quantitative estimate of drug-likeness (QED) is 0.799. The van der Waals surface area contributed by atoms with Crippen molar-refractivity contribution in [2.24, 2.45) is 0 Å². The van der Waals surface area contributed by atoms with Crippen LogP contribution >= 0.6 is 11.6 Å². The highest BCUT2D eigenvalue weighted by Crippen LogP contribution is 2.19. The highest BCUT2D eigenvalue weighted by molar-refractivity contribution is 6.28.